The van der Waals surface area contributed by atoms with E-state index in [1.165, 1.54) is 44.9 Å². The molecule has 0 radical (unpaired) electrons. The van der Waals surface area contributed by atoms with Gasteiger partial charge < -0.3 is 5.11 Å². The predicted octanol–water partition coefficient (Wildman–Crippen LogP) is 4.05. The summed E-state index contributed by atoms with van der Waals surface area (Å²) in [5.41, 5.74) is 0. The lowest BCUT2D eigenvalue weighted by Crippen LogP contribution is -2.03. The van der Waals surface area contributed by atoms with E-state index in [1.807, 2.05) is 0 Å². The molecule has 2 N–H and O–H groups in total. The van der Waals surface area contributed by atoms with Crippen LogP contribution >= 0.6 is 0 Å². The summed E-state index contributed by atoms with van der Waals surface area (Å²) in [6.07, 6.45) is 12.5. The Hall–Kier alpha value is -0.880. The van der Waals surface area contributed by atoms with Gasteiger partial charge in [-0.3, -0.25) is 4.55 Å². The van der Waals surface area contributed by atoms with Crippen LogP contribution < -0.4 is 0 Å². The lowest BCUT2D eigenvalue weighted by atomic mass is 10.1. The second-order valence-corrected chi connectivity index (χ2v) is 6.58. The molecule has 126 valence electrons. The molecule has 0 fully saturated rings. The van der Waals surface area contributed by atoms with Gasteiger partial charge in [0.05, 0.1) is 5.75 Å². The highest BCUT2D eigenvalue weighted by Crippen LogP contribution is 2.10. The second kappa shape index (κ2) is 15.5. The first-order chi connectivity index (χ1) is 9.83. The molecule has 0 aromatic carbocycles. The highest BCUT2D eigenvalue weighted by atomic mass is 32.2. The predicted molar refractivity (Wildman–Crippen MR) is 86.1 cm³/mol. The van der Waals surface area contributed by atoms with Crippen LogP contribution in [0.2, 0.25) is 0 Å². The van der Waals surface area contributed by atoms with E-state index in [1.54, 1.807) is 0 Å². The van der Waals surface area contributed by atoms with E-state index >= 15 is 0 Å². The Morgan fingerprint density at radius 2 is 1.29 bits per heavy atom. The van der Waals surface area contributed by atoms with Crippen LogP contribution in [0.15, 0.2) is 12.7 Å². The Bertz CT molecular complexity index is 349. The topological polar surface area (TPSA) is 91.7 Å². The van der Waals surface area contributed by atoms with Crippen LogP contribution in [0.3, 0.4) is 0 Å². The number of carbonyl (C=O) groups is 1. The standard InChI is InChI=1S/C12H26O3S.C3H4O2/c1-2-3-4-5-6-7-8-9-10-11-12-16(13,14)15;1-2-3(4)5/h2-12H2,1H3,(H,13,14,15);2H,1H2,(H,4,5). The summed E-state index contributed by atoms with van der Waals surface area (Å²) >= 11 is 0. The van der Waals surface area contributed by atoms with Gasteiger partial charge in [-0.05, 0) is 6.42 Å². The number of unbranched alkanes of at least 4 members (excludes halogenated alkanes) is 9. The zero-order valence-corrected chi connectivity index (χ0v) is 13.9. The molecule has 0 aromatic rings. The van der Waals surface area contributed by atoms with Crippen LogP contribution in [-0.4, -0.2) is 29.8 Å². The van der Waals surface area contributed by atoms with E-state index in [2.05, 4.69) is 13.5 Å². The van der Waals surface area contributed by atoms with Gasteiger partial charge >= 0.3 is 5.97 Å². The Morgan fingerprint density at radius 1 is 0.952 bits per heavy atom. The molecule has 0 unspecified atom stereocenters. The highest BCUT2D eigenvalue weighted by molar-refractivity contribution is 7.85. The summed E-state index contributed by atoms with van der Waals surface area (Å²) in [4.78, 5) is 9.25. The molecule has 0 aliphatic rings. The van der Waals surface area contributed by atoms with Crippen LogP contribution in [0.1, 0.15) is 71.1 Å². The molecule has 0 amide bonds. The number of hydrogen-bond donors (Lipinski definition) is 2. The first-order valence-electron chi connectivity index (χ1n) is 7.64. The quantitative estimate of drug-likeness (QED) is 0.321. The molecule has 0 aromatic heterocycles. The minimum absolute atomic E-state index is 0.0799. The molecule has 0 aliphatic carbocycles. The summed E-state index contributed by atoms with van der Waals surface area (Å²) in [5.74, 6) is -1.06. The fraction of sp³-hybridized carbons (Fsp3) is 0.800. The number of carboxylic acid groups (broad SMARTS) is 1. The van der Waals surface area contributed by atoms with Crippen molar-refractivity contribution < 1.29 is 22.9 Å². The molecule has 0 aliphatic heterocycles. The van der Waals surface area contributed by atoms with Gasteiger partial charge in [-0.15, -0.1) is 0 Å². The zero-order valence-electron chi connectivity index (χ0n) is 13.1. The Morgan fingerprint density at radius 3 is 1.57 bits per heavy atom. The molecule has 21 heavy (non-hydrogen) atoms. The van der Waals surface area contributed by atoms with Crippen molar-refractivity contribution in [2.75, 3.05) is 5.75 Å². The molecule has 0 bridgehead atoms. The molecule has 0 atom stereocenters. The maximum Gasteiger partial charge on any atom is 0.327 e. The minimum Gasteiger partial charge on any atom is -0.478 e. The number of hydrogen-bond acceptors (Lipinski definition) is 3. The van der Waals surface area contributed by atoms with Crippen molar-refractivity contribution in [3.8, 4) is 0 Å². The van der Waals surface area contributed by atoms with E-state index in [9.17, 15) is 13.2 Å². The van der Waals surface area contributed by atoms with Crippen LogP contribution in [-0.2, 0) is 14.9 Å². The monoisotopic (exact) mass is 322 g/mol. The lowest BCUT2D eigenvalue weighted by Gasteiger charge is -2.01. The number of aliphatic carboxylic acids is 1. The van der Waals surface area contributed by atoms with Gasteiger partial charge in [0, 0.05) is 6.08 Å². The van der Waals surface area contributed by atoms with Crippen LogP contribution in [0, 0.1) is 0 Å². The fourth-order valence-corrected chi connectivity index (χ4v) is 2.34. The summed E-state index contributed by atoms with van der Waals surface area (Å²) in [7, 11) is -3.73. The van der Waals surface area contributed by atoms with Crippen LogP contribution in [0.25, 0.3) is 0 Å². The summed E-state index contributed by atoms with van der Waals surface area (Å²) in [6, 6.07) is 0. The third-order valence-corrected chi connectivity index (χ3v) is 3.74. The van der Waals surface area contributed by atoms with Gasteiger partial charge in [0.15, 0.2) is 0 Å². The molecule has 5 nitrogen and oxygen atoms in total. The van der Waals surface area contributed by atoms with Crippen molar-refractivity contribution >= 4 is 16.1 Å². The van der Waals surface area contributed by atoms with Gasteiger partial charge in [-0.25, -0.2) is 4.79 Å². The highest BCUT2D eigenvalue weighted by Gasteiger charge is 2.02. The van der Waals surface area contributed by atoms with Gasteiger partial charge in [0.1, 0.15) is 0 Å². The van der Waals surface area contributed by atoms with E-state index in [-0.39, 0.29) is 5.75 Å². The van der Waals surface area contributed by atoms with Crippen molar-refractivity contribution in [1.29, 1.82) is 0 Å². The third kappa shape index (κ3) is 28.1. The van der Waals surface area contributed by atoms with Crippen molar-refractivity contribution in [2.24, 2.45) is 0 Å². The molecule has 0 rings (SSSR count). The number of rotatable bonds is 12. The van der Waals surface area contributed by atoms with Crippen LogP contribution in [0.4, 0.5) is 0 Å². The van der Waals surface area contributed by atoms with Crippen LogP contribution in [0.5, 0.6) is 0 Å². The van der Waals surface area contributed by atoms with E-state index in [4.69, 9.17) is 9.66 Å². The molecule has 0 spiro atoms. The average Bonchev–Trinajstić information content (AvgIpc) is 2.40. The SMILES string of the molecule is C=CC(=O)O.CCCCCCCCCCCCS(=O)(=O)O. The summed E-state index contributed by atoms with van der Waals surface area (Å²) < 4.78 is 29.4. The largest absolute Gasteiger partial charge is 0.478 e. The zero-order chi connectivity index (χ0) is 16.6. The molecule has 6 heteroatoms. The van der Waals surface area contributed by atoms with Crippen molar-refractivity contribution in [2.45, 2.75) is 71.1 Å². The van der Waals surface area contributed by atoms with Gasteiger partial charge in [-0.1, -0.05) is 71.3 Å². The fourth-order valence-electron chi connectivity index (χ4n) is 1.77. The first-order valence-corrected chi connectivity index (χ1v) is 9.25. The molecule has 0 saturated carbocycles. The Balaban J connectivity index is 0. The third-order valence-electron chi connectivity index (χ3n) is 2.93. The summed E-state index contributed by atoms with van der Waals surface area (Å²) in [5, 5.41) is 7.60. The molecular weight excluding hydrogens is 292 g/mol. The molecular formula is C15H30O5S. The van der Waals surface area contributed by atoms with Gasteiger partial charge in [-0.2, -0.15) is 8.42 Å². The van der Waals surface area contributed by atoms with E-state index < -0.39 is 16.1 Å². The maximum atomic E-state index is 10.4. The summed E-state index contributed by atoms with van der Waals surface area (Å²) in [6.45, 7) is 5.18. The Kier molecular flexibility index (Phi) is 16.5. The Labute approximate surface area is 129 Å². The lowest BCUT2D eigenvalue weighted by molar-refractivity contribution is -0.131. The minimum atomic E-state index is -3.73. The van der Waals surface area contributed by atoms with Crippen molar-refractivity contribution in [1.82, 2.24) is 0 Å². The van der Waals surface area contributed by atoms with Gasteiger partial charge in [0.2, 0.25) is 0 Å². The molecule has 0 heterocycles. The molecule has 0 saturated heterocycles. The van der Waals surface area contributed by atoms with E-state index in [0.29, 0.717) is 6.42 Å². The second-order valence-electron chi connectivity index (χ2n) is 5.01. The average molecular weight is 322 g/mol. The first kappa shape index (κ1) is 22.4. The normalized spacial score (nSPS) is 10.6. The maximum absolute atomic E-state index is 10.4. The van der Waals surface area contributed by atoms with Gasteiger partial charge in [0.25, 0.3) is 10.1 Å². The number of carboxylic acids is 1. The smallest absolute Gasteiger partial charge is 0.327 e. The van der Waals surface area contributed by atoms with E-state index in [0.717, 1.165) is 18.9 Å². The van der Waals surface area contributed by atoms with Crippen molar-refractivity contribution in [3.63, 3.8) is 0 Å². The van der Waals surface area contributed by atoms with Crippen molar-refractivity contribution in [3.05, 3.63) is 12.7 Å².